The minimum absolute atomic E-state index is 0.491. The summed E-state index contributed by atoms with van der Waals surface area (Å²) in [6.07, 6.45) is 7.92. The van der Waals surface area contributed by atoms with Crippen molar-refractivity contribution < 1.29 is 0 Å². The number of fused-ring (bicyclic) bond motifs is 4. The van der Waals surface area contributed by atoms with Crippen molar-refractivity contribution in [2.45, 2.75) is 118 Å². The molecule has 0 atom stereocenters. The fourth-order valence-electron chi connectivity index (χ4n) is 12.0. The second kappa shape index (κ2) is 17.2. The van der Waals surface area contributed by atoms with E-state index in [2.05, 4.69) is 200 Å². The molecule has 0 nitrogen and oxygen atoms in total. The van der Waals surface area contributed by atoms with Gasteiger partial charge in [0, 0.05) is 0 Å². The van der Waals surface area contributed by atoms with Crippen LogP contribution in [0.15, 0.2) is 133 Å². The average molecular weight is 980 g/mol. The molecule has 10 rings (SSSR count). The normalized spacial score (nSPS) is 14.4. The molecule has 0 saturated heterocycles. The maximum atomic E-state index is 2.85. The van der Waals surface area contributed by atoms with Crippen LogP contribution in [-0.2, 0) is 10.8 Å². The van der Waals surface area contributed by atoms with E-state index in [0.717, 1.165) is 0 Å². The number of aryl methyl sites for hydroxylation is 5. The van der Waals surface area contributed by atoms with Gasteiger partial charge in [-0.05, 0) is 13.8 Å². The van der Waals surface area contributed by atoms with Gasteiger partial charge in [-0.25, -0.2) is 0 Å². The Morgan fingerprint density at radius 1 is 0.391 bits per heavy atom. The summed E-state index contributed by atoms with van der Waals surface area (Å²) in [7, 11) is 0. The summed E-state index contributed by atoms with van der Waals surface area (Å²) in [5.41, 5.74) is 18.2. The number of hydrogen-bond donors (Lipinski definition) is 0. The van der Waals surface area contributed by atoms with Crippen LogP contribution in [0.3, 0.4) is 0 Å². The third-order valence-corrected chi connectivity index (χ3v) is 35.8. The molecule has 0 spiro atoms. The first kappa shape index (κ1) is 43.7. The van der Waals surface area contributed by atoms with Crippen LogP contribution < -0.4 is 2.89 Å². The predicted molar refractivity (Wildman–Crippen MR) is 283 cm³/mol. The van der Waals surface area contributed by atoms with E-state index < -0.39 is 29.2 Å². The predicted octanol–water partition coefficient (Wildman–Crippen LogP) is 17.3. The van der Waals surface area contributed by atoms with Crippen LogP contribution in [0, 0.1) is 34.6 Å². The van der Waals surface area contributed by atoms with Gasteiger partial charge in [0.1, 0.15) is 0 Å². The molecule has 64 heavy (non-hydrogen) atoms. The Hall–Kier alpha value is -4.22. The molecule has 2 aliphatic rings. The van der Waals surface area contributed by atoms with Crippen molar-refractivity contribution in [2.24, 2.45) is 0 Å². The van der Waals surface area contributed by atoms with Crippen molar-refractivity contribution in [1.82, 2.24) is 0 Å². The van der Waals surface area contributed by atoms with E-state index in [-0.39, 0.29) is 0 Å². The molecule has 3 heteroatoms. The summed E-state index contributed by atoms with van der Waals surface area (Å²) < 4.78 is 6.22. The zero-order valence-electron chi connectivity index (χ0n) is 39.4. The quantitative estimate of drug-likeness (QED) is 0.0953. The minimum atomic E-state index is -2.93. The molecular weight excluding hydrogens is 916 g/mol. The van der Waals surface area contributed by atoms with E-state index in [1.165, 1.54) is 155 Å². The topological polar surface area (TPSA) is 0 Å². The zero-order valence-corrected chi connectivity index (χ0v) is 43.9. The van der Waals surface area contributed by atoms with Gasteiger partial charge in [0.15, 0.2) is 0 Å². The summed E-state index contributed by atoms with van der Waals surface area (Å²) in [6.45, 7) is 18.5. The maximum absolute atomic E-state index is 2.93. The van der Waals surface area contributed by atoms with E-state index in [9.17, 15) is 0 Å². The molecule has 0 saturated carbocycles. The van der Waals surface area contributed by atoms with Gasteiger partial charge in [0.25, 0.3) is 0 Å². The number of unbranched alkanes of at least 4 members (excludes halogenated alkanes) is 3. The van der Waals surface area contributed by atoms with E-state index in [1.54, 1.807) is 0 Å². The van der Waals surface area contributed by atoms with Gasteiger partial charge >= 0.3 is 385 Å². The van der Waals surface area contributed by atoms with Crippen molar-refractivity contribution in [2.75, 3.05) is 0 Å². The Labute approximate surface area is 395 Å². The standard InChI is InChI=1S/C49H37S2.3C4H9.Sn/c1-29-6-14-34(15-7-29)48(35-16-8-30(2)9-17-35)40-25-23-39-45-41(24-22-38(44(40)45)46-42(48)26-27-50-46)49(36-18-10-31(3)11-19-36,37-20-12-32(4)13-21-37)43-28-33(5)51-47(39)43;3*1-3-4-2;/h6-26,28H,1-5H3;3*1,3-4H2,2H3;. The summed E-state index contributed by atoms with van der Waals surface area (Å²) in [4.78, 5) is 4.29. The van der Waals surface area contributed by atoms with Crippen molar-refractivity contribution in [3.05, 3.63) is 205 Å². The fraction of sp³-hybridized carbons (Fsp3) is 0.311. The van der Waals surface area contributed by atoms with E-state index in [1.807, 2.05) is 14.2 Å². The average Bonchev–Trinajstić information content (AvgIpc) is 3.94. The monoisotopic (exact) mass is 980 g/mol. The van der Waals surface area contributed by atoms with E-state index >= 15 is 0 Å². The van der Waals surface area contributed by atoms with Crippen LogP contribution in [0.1, 0.15) is 131 Å². The Bertz CT molecular complexity index is 2860. The molecule has 6 aromatic carbocycles. The third kappa shape index (κ3) is 6.70. The van der Waals surface area contributed by atoms with Crippen LogP contribution in [0.4, 0.5) is 0 Å². The molecule has 2 aliphatic carbocycles. The van der Waals surface area contributed by atoms with Gasteiger partial charge < -0.3 is 0 Å². The van der Waals surface area contributed by atoms with Crippen molar-refractivity contribution >= 4 is 54.7 Å². The van der Waals surface area contributed by atoms with Gasteiger partial charge in [-0.15, -0.1) is 0 Å². The van der Waals surface area contributed by atoms with Crippen LogP contribution in [-0.4, -0.2) is 18.4 Å². The van der Waals surface area contributed by atoms with Crippen molar-refractivity contribution in [3.8, 4) is 20.9 Å². The van der Waals surface area contributed by atoms with Crippen molar-refractivity contribution in [3.63, 3.8) is 0 Å². The van der Waals surface area contributed by atoms with E-state index in [4.69, 9.17) is 0 Å². The second-order valence-electron chi connectivity index (χ2n) is 19.6. The Balaban J connectivity index is 1.40. The molecule has 0 radical (unpaired) electrons. The first-order valence-electron chi connectivity index (χ1n) is 24.3. The molecule has 0 amide bonds. The van der Waals surface area contributed by atoms with Crippen LogP contribution in [0.2, 0.25) is 13.3 Å². The number of rotatable bonds is 14. The molecule has 2 aromatic heterocycles. The number of thiophene rings is 2. The molecule has 324 valence electrons. The van der Waals surface area contributed by atoms with Gasteiger partial charge in [-0.2, -0.15) is 0 Å². The van der Waals surface area contributed by atoms with Crippen LogP contribution in [0.25, 0.3) is 31.7 Å². The molecule has 8 aromatic rings. The summed E-state index contributed by atoms with van der Waals surface area (Å²) in [6, 6.07) is 54.0. The van der Waals surface area contributed by atoms with Gasteiger partial charge in [-0.3, -0.25) is 0 Å². The molecule has 0 N–H and O–H groups in total. The third-order valence-electron chi connectivity index (χ3n) is 15.3. The SMILES string of the molecule is CCC[CH2][Sn]([CH2]CCC)([CH2]CCC)[c]1cc2c(s1)-c1ccc3c4c(ccc(c14)C2(c1ccc(C)cc1)c1ccc(C)cc1)-c1sc(C)cc1C3(c1ccc(C)cc1)c1ccc(C)cc1. The summed E-state index contributed by atoms with van der Waals surface area (Å²) >= 11 is 1.31. The number of hydrogen-bond acceptors (Lipinski definition) is 2. The molecule has 0 unspecified atom stereocenters. The van der Waals surface area contributed by atoms with E-state index in [0.29, 0.717) is 0 Å². The van der Waals surface area contributed by atoms with Crippen LogP contribution in [0.5, 0.6) is 0 Å². The Kier molecular flexibility index (Phi) is 11.7. The van der Waals surface area contributed by atoms with Crippen molar-refractivity contribution in [1.29, 1.82) is 0 Å². The Morgan fingerprint density at radius 2 is 0.734 bits per heavy atom. The molecule has 2 heterocycles. The van der Waals surface area contributed by atoms with Gasteiger partial charge in [0.05, 0.1) is 0 Å². The Morgan fingerprint density at radius 3 is 1.09 bits per heavy atom. The second-order valence-corrected chi connectivity index (χ2v) is 36.0. The molecule has 0 bridgehead atoms. The van der Waals surface area contributed by atoms with Gasteiger partial charge in [0.2, 0.25) is 0 Å². The van der Waals surface area contributed by atoms with Crippen LogP contribution >= 0.6 is 22.7 Å². The number of benzene rings is 6. The zero-order chi connectivity index (χ0) is 44.4. The first-order valence-corrected chi connectivity index (χ1v) is 33.4. The molecule has 0 aliphatic heterocycles. The fourth-order valence-corrected chi connectivity index (χ4v) is 33.5. The first-order chi connectivity index (χ1) is 31.1. The summed E-state index contributed by atoms with van der Waals surface area (Å²) in [5, 5.41) is 2.89. The molecular formula is C61H64S2Sn. The summed E-state index contributed by atoms with van der Waals surface area (Å²) in [5.74, 6) is 0. The van der Waals surface area contributed by atoms with Gasteiger partial charge in [-0.1, -0.05) is 0 Å². The molecule has 0 fully saturated rings.